The Morgan fingerprint density at radius 3 is 2.46 bits per heavy atom. The molecule has 0 saturated heterocycles. The molecule has 3 aromatic rings. The third kappa shape index (κ3) is 4.70. The number of hydrogen-bond acceptors (Lipinski definition) is 7. The monoisotopic (exact) mass is 372 g/mol. The minimum absolute atomic E-state index is 0.458. The van der Waals surface area contributed by atoms with Crippen LogP contribution in [0.5, 0.6) is 17.2 Å². The van der Waals surface area contributed by atoms with Gasteiger partial charge in [-0.15, -0.1) is 10.2 Å². The summed E-state index contributed by atoms with van der Waals surface area (Å²) in [4.78, 5) is 0. The van der Waals surface area contributed by atoms with Crippen molar-refractivity contribution < 1.29 is 18.6 Å². The van der Waals surface area contributed by atoms with E-state index in [4.69, 9.17) is 18.6 Å². The Bertz CT molecular complexity index is 820. The van der Waals surface area contributed by atoms with Gasteiger partial charge in [0.25, 0.3) is 11.1 Å². The van der Waals surface area contributed by atoms with Crippen LogP contribution < -0.4 is 14.2 Å². The lowest BCUT2D eigenvalue weighted by Gasteiger charge is -2.06. The summed E-state index contributed by atoms with van der Waals surface area (Å²) in [5.41, 5.74) is 0.789. The molecular weight excluding hydrogens is 352 g/mol. The van der Waals surface area contributed by atoms with Gasteiger partial charge in [-0.05, 0) is 42.8 Å². The summed E-state index contributed by atoms with van der Waals surface area (Å²) < 4.78 is 21.8. The van der Waals surface area contributed by atoms with Crippen LogP contribution in [0, 0.1) is 0 Å². The largest absolute Gasteiger partial charge is 0.497 e. The van der Waals surface area contributed by atoms with Crippen LogP contribution in [0.15, 0.2) is 58.2 Å². The Balaban J connectivity index is 1.45. The molecule has 0 radical (unpaired) electrons. The van der Waals surface area contributed by atoms with Gasteiger partial charge in [0.05, 0.1) is 26.4 Å². The van der Waals surface area contributed by atoms with E-state index in [1.807, 2.05) is 48.5 Å². The lowest BCUT2D eigenvalue weighted by atomic mass is 10.2. The van der Waals surface area contributed by atoms with Crippen molar-refractivity contribution in [3.8, 4) is 28.7 Å². The molecular formula is C19H20N2O4S. The number of nitrogens with zero attached hydrogens (tertiary/aromatic N) is 2. The topological polar surface area (TPSA) is 66.6 Å². The summed E-state index contributed by atoms with van der Waals surface area (Å²) in [5.74, 6) is 3.63. The molecule has 1 aromatic heterocycles. The predicted molar refractivity (Wildman–Crippen MR) is 100 cm³/mol. The third-order valence-corrected chi connectivity index (χ3v) is 4.49. The Kier molecular flexibility index (Phi) is 6.38. The molecule has 0 unspecified atom stereocenters. The highest BCUT2D eigenvalue weighted by atomic mass is 32.2. The number of aromatic nitrogens is 2. The summed E-state index contributed by atoms with van der Waals surface area (Å²) in [6.45, 7) is 0.618. The number of benzene rings is 2. The summed E-state index contributed by atoms with van der Waals surface area (Å²) in [6.07, 6.45) is 0.864. The molecule has 0 spiro atoms. The molecule has 0 N–H and O–H groups in total. The average molecular weight is 372 g/mol. The SMILES string of the molecule is COc1ccc(OCCCSc2nnc(-c3ccccc3OC)o2)cc1. The minimum Gasteiger partial charge on any atom is -0.497 e. The van der Waals surface area contributed by atoms with Gasteiger partial charge in [-0.2, -0.15) is 0 Å². The van der Waals surface area contributed by atoms with Gasteiger partial charge in [0.1, 0.15) is 17.2 Å². The van der Waals surface area contributed by atoms with E-state index in [1.165, 1.54) is 11.8 Å². The zero-order chi connectivity index (χ0) is 18.2. The van der Waals surface area contributed by atoms with Crippen LogP contribution >= 0.6 is 11.8 Å². The highest BCUT2D eigenvalue weighted by Crippen LogP contribution is 2.30. The molecule has 3 rings (SSSR count). The van der Waals surface area contributed by atoms with E-state index < -0.39 is 0 Å². The Morgan fingerprint density at radius 2 is 1.69 bits per heavy atom. The van der Waals surface area contributed by atoms with Crippen LogP contribution in [0.4, 0.5) is 0 Å². The maximum absolute atomic E-state index is 5.71. The molecule has 0 amide bonds. The summed E-state index contributed by atoms with van der Waals surface area (Å²) in [7, 11) is 3.26. The molecule has 0 aliphatic carbocycles. The molecule has 0 atom stereocenters. The number of rotatable bonds is 9. The number of hydrogen-bond donors (Lipinski definition) is 0. The van der Waals surface area contributed by atoms with Crippen molar-refractivity contribution in [3.63, 3.8) is 0 Å². The van der Waals surface area contributed by atoms with E-state index in [1.54, 1.807) is 14.2 Å². The predicted octanol–water partition coefficient (Wildman–Crippen LogP) is 4.32. The zero-order valence-corrected chi connectivity index (χ0v) is 15.5. The smallest absolute Gasteiger partial charge is 0.276 e. The first-order valence-corrected chi connectivity index (χ1v) is 9.15. The van der Waals surface area contributed by atoms with Crippen molar-refractivity contribution in [1.29, 1.82) is 0 Å². The van der Waals surface area contributed by atoms with E-state index in [0.29, 0.717) is 23.5 Å². The molecule has 136 valence electrons. The van der Waals surface area contributed by atoms with Gasteiger partial charge in [-0.3, -0.25) is 0 Å². The summed E-state index contributed by atoms with van der Waals surface area (Å²) in [6, 6.07) is 15.1. The molecule has 0 aliphatic heterocycles. The van der Waals surface area contributed by atoms with Crippen molar-refractivity contribution in [2.75, 3.05) is 26.6 Å². The lowest BCUT2D eigenvalue weighted by molar-refractivity contribution is 0.317. The Morgan fingerprint density at radius 1 is 0.923 bits per heavy atom. The van der Waals surface area contributed by atoms with Gasteiger partial charge in [-0.1, -0.05) is 23.9 Å². The summed E-state index contributed by atoms with van der Waals surface area (Å²) >= 11 is 1.51. The number of methoxy groups -OCH3 is 2. The van der Waals surface area contributed by atoms with E-state index in [-0.39, 0.29) is 0 Å². The second-order valence-corrected chi connectivity index (χ2v) is 6.35. The fourth-order valence-electron chi connectivity index (χ4n) is 2.28. The molecule has 1 heterocycles. The molecule has 26 heavy (non-hydrogen) atoms. The van der Waals surface area contributed by atoms with Gasteiger partial charge in [0.2, 0.25) is 0 Å². The molecule has 2 aromatic carbocycles. The molecule has 0 fully saturated rings. The van der Waals surface area contributed by atoms with Gasteiger partial charge >= 0.3 is 0 Å². The van der Waals surface area contributed by atoms with Crippen LogP contribution in [0.3, 0.4) is 0 Å². The first kappa shape index (κ1) is 18.1. The Hall–Kier alpha value is -2.67. The number of para-hydroxylation sites is 1. The molecule has 0 bridgehead atoms. The van der Waals surface area contributed by atoms with Crippen LogP contribution in [0.25, 0.3) is 11.5 Å². The highest BCUT2D eigenvalue weighted by molar-refractivity contribution is 7.99. The second-order valence-electron chi connectivity index (χ2n) is 5.30. The number of ether oxygens (including phenoxy) is 3. The second kappa shape index (κ2) is 9.15. The van der Waals surface area contributed by atoms with E-state index >= 15 is 0 Å². The van der Waals surface area contributed by atoms with Crippen molar-refractivity contribution in [3.05, 3.63) is 48.5 Å². The lowest BCUT2D eigenvalue weighted by Crippen LogP contribution is -1.98. The van der Waals surface area contributed by atoms with Gasteiger partial charge in [-0.25, -0.2) is 0 Å². The first-order chi connectivity index (χ1) is 12.8. The van der Waals surface area contributed by atoms with Gasteiger partial charge in [0.15, 0.2) is 0 Å². The standard InChI is InChI=1S/C19H20N2O4S/c1-22-14-8-10-15(11-9-14)24-12-5-13-26-19-21-20-18(25-19)16-6-3-4-7-17(16)23-2/h3-4,6-11H,5,12-13H2,1-2H3. The molecule has 7 heteroatoms. The van der Waals surface area contributed by atoms with E-state index in [0.717, 1.165) is 29.2 Å². The maximum atomic E-state index is 5.71. The van der Waals surface area contributed by atoms with E-state index in [2.05, 4.69) is 10.2 Å². The summed E-state index contributed by atoms with van der Waals surface area (Å²) in [5, 5.41) is 8.71. The van der Waals surface area contributed by atoms with Gasteiger partial charge < -0.3 is 18.6 Å². The van der Waals surface area contributed by atoms with Crippen LogP contribution in [0.2, 0.25) is 0 Å². The maximum Gasteiger partial charge on any atom is 0.276 e. The highest BCUT2D eigenvalue weighted by Gasteiger charge is 2.13. The zero-order valence-electron chi connectivity index (χ0n) is 14.7. The third-order valence-electron chi connectivity index (χ3n) is 3.59. The molecule has 0 saturated carbocycles. The van der Waals surface area contributed by atoms with Gasteiger partial charge in [0, 0.05) is 5.75 Å². The first-order valence-electron chi connectivity index (χ1n) is 8.16. The molecule has 6 nitrogen and oxygen atoms in total. The van der Waals surface area contributed by atoms with Crippen molar-refractivity contribution in [1.82, 2.24) is 10.2 Å². The minimum atomic E-state index is 0.458. The fraction of sp³-hybridized carbons (Fsp3) is 0.263. The van der Waals surface area contributed by atoms with Crippen LogP contribution in [-0.4, -0.2) is 36.8 Å². The normalized spacial score (nSPS) is 10.5. The van der Waals surface area contributed by atoms with Crippen LogP contribution in [-0.2, 0) is 0 Å². The van der Waals surface area contributed by atoms with E-state index in [9.17, 15) is 0 Å². The molecule has 0 aliphatic rings. The fourth-order valence-corrected chi connectivity index (χ4v) is 2.95. The van der Waals surface area contributed by atoms with Crippen molar-refractivity contribution in [2.24, 2.45) is 0 Å². The number of thioether (sulfide) groups is 1. The van der Waals surface area contributed by atoms with Crippen molar-refractivity contribution in [2.45, 2.75) is 11.6 Å². The average Bonchev–Trinajstić information content (AvgIpc) is 3.17. The van der Waals surface area contributed by atoms with Crippen molar-refractivity contribution >= 4 is 11.8 Å². The van der Waals surface area contributed by atoms with Crippen LogP contribution in [0.1, 0.15) is 6.42 Å². The quantitative estimate of drug-likeness (QED) is 0.409. The Labute approximate surface area is 156 Å².